The monoisotopic (exact) mass is 451 g/mol. The third kappa shape index (κ3) is 7.40. The summed E-state index contributed by atoms with van der Waals surface area (Å²) in [5.74, 6) is 1.18. The molecule has 3 aromatic rings. The van der Waals surface area contributed by atoms with Crippen LogP contribution in [0.1, 0.15) is 19.4 Å². The van der Waals surface area contributed by atoms with Crippen molar-refractivity contribution in [3.63, 3.8) is 0 Å². The van der Waals surface area contributed by atoms with Crippen LogP contribution in [0.5, 0.6) is 5.75 Å². The van der Waals surface area contributed by atoms with Crippen LogP contribution in [0, 0.1) is 0 Å². The number of aromatic nitrogens is 3. The first-order valence-electron chi connectivity index (χ1n) is 7.97. The number of rotatable bonds is 6. The molecule has 0 spiro atoms. The van der Waals surface area contributed by atoms with Gasteiger partial charge >= 0.3 is 59.1 Å². The summed E-state index contributed by atoms with van der Waals surface area (Å²) in [6.45, 7) is 3.74. The number of H-pyrrole nitrogens is 2. The van der Waals surface area contributed by atoms with Gasteiger partial charge in [0, 0.05) is 11.1 Å². The van der Waals surface area contributed by atoms with Gasteiger partial charge in [0.15, 0.2) is 0 Å². The topological polar surface area (TPSA) is 134 Å². The fourth-order valence-electron chi connectivity index (χ4n) is 2.39. The van der Waals surface area contributed by atoms with E-state index < -0.39 is 7.60 Å². The van der Waals surface area contributed by atoms with Crippen LogP contribution in [0.4, 0.5) is 0 Å². The van der Waals surface area contributed by atoms with E-state index in [0.717, 1.165) is 0 Å². The molecule has 0 atom stereocenters. The van der Waals surface area contributed by atoms with Crippen molar-refractivity contribution in [3.05, 3.63) is 52.5 Å². The summed E-state index contributed by atoms with van der Waals surface area (Å²) >= 11 is 1.29. The smallest absolute Gasteiger partial charge is 0.808 e. The molecule has 29 heavy (non-hydrogen) atoms. The Kier molecular flexibility index (Phi) is 10.4. The molecule has 1 aromatic carbocycles. The zero-order chi connectivity index (χ0) is 19.6. The van der Waals surface area contributed by atoms with E-state index >= 15 is 0 Å². The Morgan fingerprint density at radius 3 is 2.59 bits per heavy atom. The van der Waals surface area contributed by atoms with Gasteiger partial charge in [-0.2, -0.15) is 0 Å². The van der Waals surface area contributed by atoms with Crippen molar-refractivity contribution in [2.75, 3.05) is 0 Å². The number of hydrogen-bond donors (Lipinski definition) is 2. The van der Waals surface area contributed by atoms with Crippen molar-refractivity contribution in [1.82, 2.24) is 15.0 Å². The van der Waals surface area contributed by atoms with Gasteiger partial charge < -0.3 is 29.1 Å². The standard InChI is InChI=1S/C17H18N3O5PS.2Na/c1-10(2)25-12-3-4-13(11(7-12)5-6-26(22,23)24)27-14-8-18-16-15(14)19-9-20-17(16)21;;/h3-10,18H,1-2H3,(H,19,20,21)(H2,22,23,24);;/q;2*+1/p-2/b6-5+;;. The van der Waals surface area contributed by atoms with Crippen LogP contribution >= 0.6 is 19.4 Å². The van der Waals surface area contributed by atoms with Crippen molar-refractivity contribution in [3.8, 4) is 5.75 Å². The third-order valence-corrected chi connectivity index (χ3v) is 5.08. The summed E-state index contributed by atoms with van der Waals surface area (Å²) in [5.41, 5.74) is 1.07. The Morgan fingerprint density at radius 2 is 1.93 bits per heavy atom. The first-order valence-corrected chi connectivity index (χ1v) is 10.4. The van der Waals surface area contributed by atoms with E-state index in [9.17, 15) is 19.1 Å². The number of fused-ring (bicyclic) bond motifs is 1. The Bertz CT molecular complexity index is 1110. The maximum atomic E-state index is 11.8. The minimum absolute atomic E-state index is 0. The fourth-order valence-corrected chi connectivity index (χ4v) is 3.72. The normalized spacial score (nSPS) is 11.5. The molecule has 0 aliphatic rings. The van der Waals surface area contributed by atoms with Gasteiger partial charge in [-0.25, -0.2) is 4.98 Å². The molecular formula is C17H16N3Na2O5PS. The second-order valence-electron chi connectivity index (χ2n) is 5.93. The van der Waals surface area contributed by atoms with Crippen molar-refractivity contribution in [2.45, 2.75) is 29.7 Å². The van der Waals surface area contributed by atoms with Crippen LogP contribution < -0.4 is 79.2 Å². The Hall–Kier alpha value is -0.320. The van der Waals surface area contributed by atoms with Crippen LogP contribution in [-0.4, -0.2) is 21.1 Å². The molecule has 0 saturated heterocycles. The van der Waals surface area contributed by atoms with E-state index in [1.54, 1.807) is 24.4 Å². The van der Waals surface area contributed by atoms with Gasteiger partial charge in [-0.05, 0) is 45.2 Å². The SMILES string of the molecule is CC(C)Oc1ccc(Sc2c[nH]c3c(=O)[nH]cnc23)c(/C=C/P(=O)([O-])[O-])c1.[Na+].[Na+]. The van der Waals surface area contributed by atoms with Crippen molar-refractivity contribution >= 4 is 36.5 Å². The Morgan fingerprint density at radius 1 is 1.21 bits per heavy atom. The van der Waals surface area contributed by atoms with Gasteiger partial charge in [0.25, 0.3) is 5.56 Å². The largest absolute Gasteiger partial charge is 1.00 e. The number of benzene rings is 1. The molecule has 0 aliphatic heterocycles. The molecule has 0 amide bonds. The number of aromatic amines is 2. The fraction of sp³-hybridized carbons (Fsp3) is 0.176. The molecule has 0 fully saturated rings. The van der Waals surface area contributed by atoms with Crippen LogP contribution in [0.25, 0.3) is 17.1 Å². The molecule has 2 heterocycles. The summed E-state index contributed by atoms with van der Waals surface area (Å²) in [4.78, 5) is 44.7. The molecule has 2 aromatic heterocycles. The molecule has 3 rings (SSSR count). The molecule has 0 radical (unpaired) electrons. The molecule has 12 heteroatoms. The summed E-state index contributed by atoms with van der Waals surface area (Å²) in [6, 6.07) is 5.17. The van der Waals surface area contributed by atoms with E-state index in [0.29, 0.717) is 38.0 Å². The van der Waals surface area contributed by atoms with Gasteiger partial charge in [0.05, 0.1) is 17.3 Å². The maximum Gasteiger partial charge on any atom is 1.00 e. The average Bonchev–Trinajstić information content (AvgIpc) is 2.98. The van der Waals surface area contributed by atoms with Gasteiger partial charge in [-0.1, -0.05) is 23.7 Å². The van der Waals surface area contributed by atoms with Gasteiger partial charge in [0.2, 0.25) is 0 Å². The van der Waals surface area contributed by atoms with Crippen molar-refractivity contribution in [1.29, 1.82) is 0 Å². The molecule has 0 bridgehead atoms. The molecule has 0 aliphatic carbocycles. The van der Waals surface area contributed by atoms with Crippen LogP contribution in [-0.2, 0) is 4.57 Å². The van der Waals surface area contributed by atoms with Gasteiger partial charge in [0.1, 0.15) is 16.8 Å². The quantitative estimate of drug-likeness (QED) is 0.289. The molecule has 8 nitrogen and oxygen atoms in total. The van der Waals surface area contributed by atoms with Crippen molar-refractivity contribution in [2.24, 2.45) is 0 Å². The van der Waals surface area contributed by atoms with E-state index in [1.807, 2.05) is 13.8 Å². The van der Waals surface area contributed by atoms with Crippen LogP contribution in [0.2, 0.25) is 0 Å². The number of nitrogens with zero attached hydrogens (tertiary/aromatic N) is 1. The number of ether oxygens (including phenoxy) is 1. The van der Waals surface area contributed by atoms with Gasteiger partial charge in [-0.3, -0.25) is 4.79 Å². The zero-order valence-electron chi connectivity index (χ0n) is 16.5. The summed E-state index contributed by atoms with van der Waals surface area (Å²) in [7, 11) is -4.80. The van der Waals surface area contributed by atoms with E-state index in [4.69, 9.17) is 4.74 Å². The minimum atomic E-state index is -4.80. The van der Waals surface area contributed by atoms with Crippen LogP contribution in [0.15, 0.2) is 51.1 Å². The summed E-state index contributed by atoms with van der Waals surface area (Å²) in [5, 5.41) is 0. The first-order chi connectivity index (χ1) is 12.7. The van der Waals surface area contributed by atoms with Crippen molar-refractivity contribution < 1.29 is 78.2 Å². The number of hydrogen-bond acceptors (Lipinski definition) is 7. The predicted molar refractivity (Wildman–Crippen MR) is 99.7 cm³/mol. The zero-order valence-corrected chi connectivity index (χ0v) is 22.2. The van der Waals surface area contributed by atoms with Crippen LogP contribution in [0.3, 0.4) is 0 Å². The van der Waals surface area contributed by atoms with E-state index in [1.165, 1.54) is 24.2 Å². The second-order valence-corrected chi connectivity index (χ2v) is 8.39. The third-order valence-electron chi connectivity index (χ3n) is 3.44. The number of nitrogens with one attached hydrogen (secondary N) is 2. The molecule has 0 saturated carbocycles. The van der Waals surface area contributed by atoms with E-state index in [2.05, 4.69) is 15.0 Å². The van der Waals surface area contributed by atoms with Gasteiger partial charge in [-0.15, -0.1) is 0 Å². The summed E-state index contributed by atoms with van der Waals surface area (Å²) < 4.78 is 16.6. The first kappa shape index (κ1) is 26.7. The molecule has 142 valence electrons. The van der Waals surface area contributed by atoms with E-state index in [-0.39, 0.29) is 70.8 Å². The average molecular weight is 451 g/mol. The minimum Gasteiger partial charge on any atom is -0.808 e. The second kappa shape index (κ2) is 11.3. The molecular weight excluding hydrogens is 435 g/mol. The maximum absolute atomic E-state index is 11.8. The predicted octanol–water partition coefficient (Wildman–Crippen LogP) is -3.92. The Balaban J connectivity index is 0.00000210. The Labute approximate surface area is 215 Å². The molecule has 2 N–H and O–H groups in total. The summed E-state index contributed by atoms with van der Waals surface area (Å²) in [6.07, 6.45) is 4.14. The molecule has 0 unspecified atom stereocenters.